The van der Waals surface area contributed by atoms with Crippen molar-refractivity contribution in [2.24, 2.45) is 5.92 Å². The van der Waals surface area contributed by atoms with E-state index in [0.29, 0.717) is 17.3 Å². The van der Waals surface area contributed by atoms with Gasteiger partial charge >= 0.3 is 6.18 Å². The van der Waals surface area contributed by atoms with Gasteiger partial charge in [-0.3, -0.25) is 0 Å². The van der Waals surface area contributed by atoms with Gasteiger partial charge in [0.1, 0.15) is 0 Å². The van der Waals surface area contributed by atoms with E-state index in [1.807, 2.05) is 13.8 Å². The Morgan fingerprint density at radius 1 is 1.20 bits per heavy atom. The highest BCUT2D eigenvalue weighted by Gasteiger charge is 2.38. The third-order valence-corrected chi connectivity index (χ3v) is 4.88. The summed E-state index contributed by atoms with van der Waals surface area (Å²) < 4.78 is 40.1. The largest absolute Gasteiger partial charge is 0.453 e. The number of anilines is 1. The fraction of sp³-hybridized carbons (Fsp3) is 0.688. The molecule has 2 aromatic heterocycles. The molecule has 0 saturated carbocycles. The number of hydrogen-bond acceptors (Lipinski definition) is 5. The first-order valence-electron chi connectivity index (χ1n) is 8.54. The molecule has 0 aliphatic carbocycles. The highest BCUT2D eigenvalue weighted by Crippen LogP contribution is 2.30. The monoisotopic (exact) mass is 356 g/mol. The minimum Gasteiger partial charge on any atom is -0.366 e. The van der Waals surface area contributed by atoms with Crippen molar-refractivity contribution in [2.45, 2.75) is 52.3 Å². The predicted octanol–water partition coefficient (Wildman–Crippen LogP) is 2.95. The normalized spacial score (nSPS) is 17.8. The van der Waals surface area contributed by atoms with Gasteiger partial charge < -0.3 is 10.6 Å². The van der Waals surface area contributed by atoms with Crippen LogP contribution < -0.4 is 10.6 Å². The lowest BCUT2D eigenvalue weighted by Gasteiger charge is -2.26. The van der Waals surface area contributed by atoms with E-state index in [0.717, 1.165) is 42.4 Å². The van der Waals surface area contributed by atoms with E-state index in [1.165, 1.54) is 0 Å². The Hall–Kier alpha value is -1.90. The lowest BCUT2D eigenvalue weighted by atomic mass is 9.91. The van der Waals surface area contributed by atoms with E-state index >= 15 is 0 Å². The average Bonchev–Trinajstić information content (AvgIpc) is 2.97. The SMILES string of the molecule is Cc1c(NC(C)CC2CCNCC2)nn2c(C(F)(F)F)nnc2c1C. The van der Waals surface area contributed by atoms with Crippen molar-refractivity contribution in [3.05, 3.63) is 17.0 Å². The van der Waals surface area contributed by atoms with E-state index in [-0.39, 0.29) is 11.7 Å². The van der Waals surface area contributed by atoms with Crippen LogP contribution in [0.5, 0.6) is 0 Å². The van der Waals surface area contributed by atoms with Gasteiger partial charge in [0.05, 0.1) is 0 Å². The third-order valence-electron chi connectivity index (χ3n) is 4.88. The zero-order chi connectivity index (χ0) is 18.2. The second-order valence-electron chi connectivity index (χ2n) is 6.83. The first-order valence-corrected chi connectivity index (χ1v) is 8.54. The van der Waals surface area contributed by atoms with Crippen LogP contribution in [-0.4, -0.2) is 38.9 Å². The summed E-state index contributed by atoms with van der Waals surface area (Å²) in [6, 6.07) is 0.122. The number of aryl methyl sites for hydroxylation is 1. The molecule has 9 heteroatoms. The highest BCUT2D eigenvalue weighted by molar-refractivity contribution is 5.58. The summed E-state index contributed by atoms with van der Waals surface area (Å²) >= 11 is 0. The second-order valence-corrected chi connectivity index (χ2v) is 6.83. The topological polar surface area (TPSA) is 67.1 Å². The van der Waals surface area contributed by atoms with Crippen molar-refractivity contribution >= 4 is 11.5 Å². The Morgan fingerprint density at radius 3 is 2.52 bits per heavy atom. The zero-order valence-corrected chi connectivity index (χ0v) is 14.6. The molecule has 0 amide bonds. The molecule has 6 nitrogen and oxygen atoms in total. The number of hydrogen-bond donors (Lipinski definition) is 2. The van der Waals surface area contributed by atoms with Crippen molar-refractivity contribution < 1.29 is 13.2 Å². The number of alkyl halides is 3. The highest BCUT2D eigenvalue weighted by atomic mass is 19.4. The first-order chi connectivity index (χ1) is 11.8. The molecule has 1 unspecified atom stereocenters. The van der Waals surface area contributed by atoms with E-state index in [9.17, 15) is 13.2 Å². The molecule has 1 saturated heterocycles. The molecule has 0 aromatic carbocycles. The maximum absolute atomic E-state index is 13.1. The van der Waals surface area contributed by atoms with Crippen LogP contribution in [0.1, 0.15) is 43.1 Å². The standard InChI is InChI=1S/C16H23F3N6/c1-9(8-12-4-6-20-7-5-12)21-13-10(2)11(3)14-22-23-15(16(17,18)19)25(14)24-13/h9,12,20H,4-8H2,1-3H3,(H,21,24). The van der Waals surface area contributed by atoms with Crippen molar-refractivity contribution in [3.8, 4) is 0 Å². The number of aromatic nitrogens is 4. The van der Waals surface area contributed by atoms with E-state index < -0.39 is 12.0 Å². The summed E-state index contributed by atoms with van der Waals surface area (Å²) in [5, 5.41) is 17.7. The van der Waals surface area contributed by atoms with Gasteiger partial charge in [-0.1, -0.05) is 0 Å². The number of rotatable bonds is 4. The molecular weight excluding hydrogens is 333 g/mol. The summed E-state index contributed by atoms with van der Waals surface area (Å²) in [6.45, 7) is 7.66. The van der Waals surface area contributed by atoms with Crippen molar-refractivity contribution in [3.63, 3.8) is 0 Å². The molecule has 2 N–H and O–H groups in total. The molecule has 25 heavy (non-hydrogen) atoms. The Kier molecular flexibility index (Phi) is 4.86. The molecule has 1 aliphatic heterocycles. The summed E-state index contributed by atoms with van der Waals surface area (Å²) in [6.07, 6.45) is -1.37. The third kappa shape index (κ3) is 3.70. The van der Waals surface area contributed by atoms with Gasteiger partial charge in [-0.05, 0) is 64.6 Å². The average molecular weight is 356 g/mol. The predicted molar refractivity (Wildman–Crippen MR) is 88.6 cm³/mol. The van der Waals surface area contributed by atoms with Gasteiger partial charge in [0, 0.05) is 11.6 Å². The summed E-state index contributed by atoms with van der Waals surface area (Å²) in [5.41, 5.74) is 1.58. The van der Waals surface area contributed by atoms with E-state index in [2.05, 4.69) is 25.9 Å². The smallest absolute Gasteiger partial charge is 0.366 e. The lowest BCUT2D eigenvalue weighted by Crippen LogP contribution is -2.31. The molecule has 0 bridgehead atoms. The van der Waals surface area contributed by atoms with Crippen LogP contribution in [0.4, 0.5) is 19.0 Å². The van der Waals surface area contributed by atoms with Crippen LogP contribution in [0, 0.1) is 19.8 Å². The number of halogens is 3. The number of nitrogens with zero attached hydrogens (tertiary/aromatic N) is 4. The van der Waals surface area contributed by atoms with Gasteiger partial charge in [0.25, 0.3) is 5.82 Å². The lowest BCUT2D eigenvalue weighted by molar-refractivity contribution is -0.146. The van der Waals surface area contributed by atoms with Crippen LogP contribution in [0.3, 0.4) is 0 Å². The molecule has 0 spiro atoms. The Bertz CT molecular complexity index is 748. The molecule has 3 rings (SSSR count). The Labute approximate surface area is 144 Å². The van der Waals surface area contributed by atoms with Crippen molar-refractivity contribution in [1.82, 2.24) is 25.1 Å². The van der Waals surface area contributed by atoms with Crippen molar-refractivity contribution in [1.29, 1.82) is 0 Å². The van der Waals surface area contributed by atoms with Crippen LogP contribution in [0.15, 0.2) is 0 Å². The first kappa shape index (κ1) is 17.9. The summed E-state index contributed by atoms with van der Waals surface area (Å²) in [5.74, 6) is -0.0223. The van der Waals surface area contributed by atoms with Crippen LogP contribution in [0.2, 0.25) is 0 Å². The maximum atomic E-state index is 13.1. The molecular formula is C16H23F3N6. The minimum atomic E-state index is -4.59. The van der Waals surface area contributed by atoms with Gasteiger partial charge in [0.15, 0.2) is 11.5 Å². The zero-order valence-electron chi connectivity index (χ0n) is 14.6. The summed E-state index contributed by atoms with van der Waals surface area (Å²) in [4.78, 5) is 0. The van der Waals surface area contributed by atoms with Gasteiger partial charge in [-0.25, -0.2) is 0 Å². The van der Waals surface area contributed by atoms with E-state index in [1.54, 1.807) is 6.92 Å². The van der Waals surface area contributed by atoms with Crippen LogP contribution in [-0.2, 0) is 6.18 Å². The molecule has 1 fully saturated rings. The number of fused-ring (bicyclic) bond motifs is 1. The van der Waals surface area contributed by atoms with Gasteiger partial charge in [0.2, 0.25) is 0 Å². The fourth-order valence-electron chi connectivity index (χ4n) is 3.35. The minimum absolute atomic E-state index is 0.122. The van der Waals surface area contributed by atoms with Crippen LogP contribution >= 0.6 is 0 Å². The summed E-state index contributed by atoms with van der Waals surface area (Å²) in [7, 11) is 0. The van der Waals surface area contributed by atoms with Crippen LogP contribution in [0.25, 0.3) is 5.65 Å². The Morgan fingerprint density at radius 2 is 1.88 bits per heavy atom. The second kappa shape index (κ2) is 6.78. The molecule has 1 aliphatic rings. The van der Waals surface area contributed by atoms with Gasteiger partial charge in [-0.2, -0.15) is 17.7 Å². The molecule has 2 aromatic rings. The fourth-order valence-corrected chi connectivity index (χ4v) is 3.35. The Balaban J connectivity index is 1.86. The molecule has 3 heterocycles. The molecule has 0 radical (unpaired) electrons. The van der Waals surface area contributed by atoms with Gasteiger partial charge in [-0.15, -0.1) is 15.3 Å². The molecule has 138 valence electrons. The maximum Gasteiger partial charge on any atom is 0.453 e. The number of nitrogens with one attached hydrogen (secondary N) is 2. The van der Waals surface area contributed by atoms with E-state index in [4.69, 9.17) is 0 Å². The molecule has 1 atom stereocenters. The van der Waals surface area contributed by atoms with Crippen molar-refractivity contribution in [2.75, 3.05) is 18.4 Å². The quantitative estimate of drug-likeness (QED) is 0.882. The number of piperidine rings is 1.